The molecule has 1 aromatic carbocycles. The summed E-state index contributed by atoms with van der Waals surface area (Å²) in [7, 11) is 1.95. The lowest BCUT2D eigenvalue weighted by Gasteiger charge is -2.03. The van der Waals surface area contributed by atoms with Crippen molar-refractivity contribution in [3.8, 4) is 11.4 Å². The molecule has 0 N–H and O–H groups in total. The second-order valence-corrected chi connectivity index (χ2v) is 5.84. The molecule has 2 aromatic heterocycles. The van der Waals surface area contributed by atoms with Crippen LogP contribution in [0.2, 0.25) is 5.15 Å². The SMILES string of the molecule is Cn1c(-c2ccc(F)cc2)nc2c(Cl)nc(C3CC3)cc21. The molecule has 0 aliphatic heterocycles. The van der Waals surface area contributed by atoms with Gasteiger partial charge in [-0.2, -0.15) is 0 Å². The van der Waals surface area contributed by atoms with Crippen LogP contribution in [0, 0.1) is 5.82 Å². The van der Waals surface area contributed by atoms with E-state index in [1.54, 1.807) is 12.1 Å². The van der Waals surface area contributed by atoms with Gasteiger partial charge in [-0.3, -0.25) is 0 Å². The van der Waals surface area contributed by atoms with Crippen molar-refractivity contribution in [2.24, 2.45) is 7.05 Å². The summed E-state index contributed by atoms with van der Waals surface area (Å²) in [4.78, 5) is 9.03. The third kappa shape index (κ3) is 2.10. The van der Waals surface area contributed by atoms with Gasteiger partial charge in [0, 0.05) is 24.2 Å². The normalized spacial score (nSPS) is 14.8. The number of benzene rings is 1. The molecule has 0 atom stereocenters. The highest BCUT2D eigenvalue weighted by Crippen LogP contribution is 2.41. The second kappa shape index (κ2) is 4.53. The van der Waals surface area contributed by atoms with Gasteiger partial charge in [0.25, 0.3) is 0 Å². The van der Waals surface area contributed by atoms with Crippen molar-refractivity contribution in [1.29, 1.82) is 0 Å². The molecule has 0 bridgehead atoms. The zero-order valence-corrected chi connectivity index (χ0v) is 12.2. The van der Waals surface area contributed by atoms with E-state index in [-0.39, 0.29) is 5.82 Å². The number of imidazole rings is 1. The molecule has 0 radical (unpaired) electrons. The molecular formula is C16H13ClFN3. The highest BCUT2D eigenvalue weighted by molar-refractivity contribution is 6.33. The van der Waals surface area contributed by atoms with E-state index < -0.39 is 0 Å². The quantitative estimate of drug-likeness (QED) is 0.661. The maximum absolute atomic E-state index is 13.1. The number of fused-ring (bicyclic) bond motifs is 1. The Bertz CT molecular complexity index is 835. The summed E-state index contributed by atoms with van der Waals surface area (Å²) < 4.78 is 15.1. The standard InChI is InChI=1S/C16H13ClFN3/c1-21-13-8-12(9-2-3-9)19-15(17)14(13)20-16(21)10-4-6-11(18)7-5-10/h4-9H,2-3H2,1H3. The first kappa shape index (κ1) is 12.8. The minimum Gasteiger partial charge on any atom is -0.327 e. The second-order valence-electron chi connectivity index (χ2n) is 5.48. The number of nitrogens with zero attached hydrogens (tertiary/aromatic N) is 3. The summed E-state index contributed by atoms with van der Waals surface area (Å²) in [6, 6.07) is 8.38. The molecule has 3 aromatic rings. The van der Waals surface area contributed by atoms with Crippen LogP contribution in [-0.2, 0) is 7.05 Å². The van der Waals surface area contributed by atoms with Crippen LogP contribution in [0.1, 0.15) is 24.5 Å². The number of hydrogen-bond acceptors (Lipinski definition) is 2. The zero-order valence-electron chi connectivity index (χ0n) is 11.5. The first-order valence-corrected chi connectivity index (χ1v) is 7.30. The van der Waals surface area contributed by atoms with E-state index in [1.165, 1.54) is 25.0 Å². The lowest BCUT2D eigenvalue weighted by molar-refractivity contribution is 0.628. The van der Waals surface area contributed by atoms with Gasteiger partial charge in [-0.1, -0.05) is 11.6 Å². The Morgan fingerprint density at radius 3 is 2.57 bits per heavy atom. The van der Waals surface area contributed by atoms with E-state index in [0.717, 1.165) is 22.6 Å². The van der Waals surface area contributed by atoms with Crippen LogP contribution in [0.3, 0.4) is 0 Å². The van der Waals surface area contributed by atoms with Crippen LogP contribution >= 0.6 is 11.6 Å². The van der Waals surface area contributed by atoms with E-state index in [1.807, 2.05) is 11.6 Å². The van der Waals surface area contributed by atoms with E-state index in [0.29, 0.717) is 16.6 Å². The smallest absolute Gasteiger partial charge is 0.157 e. The summed E-state index contributed by atoms with van der Waals surface area (Å²) in [6.07, 6.45) is 2.36. The van der Waals surface area contributed by atoms with E-state index >= 15 is 0 Å². The van der Waals surface area contributed by atoms with Crippen molar-refractivity contribution in [2.45, 2.75) is 18.8 Å². The number of halogens is 2. The Balaban J connectivity index is 1.92. The van der Waals surface area contributed by atoms with Gasteiger partial charge in [0.15, 0.2) is 5.15 Å². The number of hydrogen-bond donors (Lipinski definition) is 0. The van der Waals surface area contributed by atoms with Gasteiger partial charge < -0.3 is 4.57 Å². The fourth-order valence-corrected chi connectivity index (χ4v) is 2.85. The highest BCUT2D eigenvalue weighted by Gasteiger charge is 2.27. The van der Waals surface area contributed by atoms with Crippen LogP contribution in [-0.4, -0.2) is 14.5 Å². The highest BCUT2D eigenvalue weighted by atomic mass is 35.5. The molecule has 2 heterocycles. The Hall–Kier alpha value is -1.94. The van der Waals surface area contributed by atoms with Crippen LogP contribution in [0.4, 0.5) is 4.39 Å². The average Bonchev–Trinajstić information content (AvgIpc) is 3.26. The number of rotatable bonds is 2. The molecule has 3 nitrogen and oxygen atoms in total. The maximum Gasteiger partial charge on any atom is 0.157 e. The Morgan fingerprint density at radius 1 is 1.19 bits per heavy atom. The van der Waals surface area contributed by atoms with Crippen molar-refractivity contribution >= 4 is 22.6 Å². The van der Waals surface area contributed by atoms with E-state index in [9.17, 15) is 4.39 Å². The summed E-state index contributed by atoms with van der Waals surface area (Å²) in [5.74, 6) is 1.05. The van der Waals surface area contributed by atoms with E-state index in [4.69, 9.17) is 11.6 Å². The van der Waals surface area contributed by atoms with E-state index in [2.05, 4.69) is 16.0 Å². The fourth-order valence-electron chi connectivity index (χ4n) is 2.61. The zero-order chi connectivity index (χ0) is 14.6. The Labute approximate surface area is 126 Å². The fraction of sp³-hybridized carbons (Fsp3) is 0.250. The lowest BCUT2D eigenvalue weighted by atomic mass is 10.2. The maximum atomic E-state index is 13.1. The monoisotopic (exact) mass is 301 g/mol. The van der Waals surface area contributed by atoms with Gasteiger partial charge >= 0.3 is 0 Å². The summed E-state index contributed by atoms with van der Waals surface area (Å²) >= 11 is 6.29. The number of pyridine rings is 1. The predicted molar refractivity (Wildman–Crippen MR) is 80.9 cm³/mol. The number of aryl methyl sites for hydroxylation is 1. The molecule has 0 saturated heterocycles. The summed E-state index contributed by atoms with van der Waals surface area (Å²) in [6.45, 7) is 0. The molecule has 0 amide bonds. The molecule has 106 valence electrons. The largest absolute Gasteiger partial charge is 0.327 e. The molecule has 0 unspecified atom stereocenters. The van der Waals surface area contributed by atoms with Crippen molar-refractivity contribution in [3.05, 3.63) is 47.0 Å². The molecule has 1 fully saturated rings. The third-order valence-corrected chi connectivity index (χ3v) is 4.21. The van der Waals surface area contributed by atoms with Gasteiger partial charge in [-0.05, 0) is 43.2 Å². The first-order valence-electron chi connectivity index (χ1n) is 6.92. The van der Waals surface area contributed by atoms with Crippen molar-refractivity contribution in [1.82, 2.24) is 14.5 Å². The van der Waals surface area contributed by atoms with Crippen LogP contribution in [0.5, 0.6) is 0 Å². The Kier molecular flexibility index (Phi) is 2.76. The van der Waals surface area contributed by atoms with Crippen molar-refractivity contribution < 1.29 is 4.39 Å². The molecular weight excluding hydrogens is 289 g/mol. The lowest BCUT2D eigenvalue weighted by Crippen LogP contribution is -1.94. The molecule has 4 rings (SSSR count). The molecule has 1 saturated carbocycles. The minimum atomic E-state index is -0.256. The van der Waals surface area contributed by atoms with Gasteiger partial charge in [0.2, 0.25) is 0 Å². The Morgan fingerprint density at radius 2 is 1.90 bits per heavy atom. The predicted octanol–water partition coefficient (Wildman–Crippen LogP) is 4.31. The van der Waals surface area contributed by atoms with Crippen LogP contribution in [0.25, 0.3) is 22.4 Å². The van der Waals surface area contributed by atoms with Crippen molar-refractivity contribution in [2.75, 3.05) is 0 Å². The van der Waals surface area contributed by atoms with Gasteiger partial charge in [-0.15, -0.1) is 0 Å². The average molecular weight is 302 g/mol. The molecule has 1 aliphatic carbocycles. The number of aromatic nitrogens is 3. The topological polar surface area (TPSA) is 30.7 Å². The molecule has 21 heavy (non-hydrogen) atoms. The molecule has 0 spiro atoms. The van der Waals surface area contributed by atoms with Gasteiger partial charge in [0.05, 0.1) is 5.52 Å². The van der Waals surface area contributed by atoms with Crippen LogP contribution < -0.4 is 0 Å². The van der Waals surface area contributed by atoms with Crippen LogP contribution in [0.15, 0.2) is 30.3 Å². The molecule has 1 aliphatic rings. The minimum absolute atomic E-state index is 0.256. The first-order chi connectivity index (χ1) is 10.1. The molecule has 5 heteroatoms. The summed E-state index contributed by atoms with van der Waals surface area (Å²) in [5.41, 5.74) is 3.57. The van der Waals surface area contributed by atoms with Gasteiger partial charge in [-0.25, -0.2) is 14.4 Å². The van der Waals surface area contributed by atoms with Gasteiger partial charge in [0.1, 0.15) is 17.2 Å². The third-order valence-electron chi connectivity index (χ3n) is 3.94. The summed E-state index contributed by atoms with van der Waals surface area (Å²) in [5, 5.41) is 0.443. The van der Waals surface area contributed by atoms with Crippen molar-refractivity contribution in [3.63, 3.8) is 0 Å².